The number of likely N-dealkylation sites (N-methyl/N-ethyl adjacent to an activating group) is 1. The second kappa shape index (κ2) is 3.10. The second-order valence-electron chi connectivity index (χ2n) is 3.12. The molecule has 0 aliphatic carbocycles. The summed E-state index contributed by atoms with van der Waals surface area (Å²) in [4.78, 5) is 20.4. The number of carbonyl (C=O) groups excluding carboxylic acids is 1. The van der Waals surface area contributed by atoms with Crippen LogP contribution < -0.4 is 5.73 Å². The Morgan fingerprint density at radius 1 is 1.57 bits per heavy atom. The standard InChI is InChI=1S/C9H10N4O/c1-13-7(8(10)12-9(13)14)6-3-2-4-11-5-6/h2-5,7H,1H3,(H2,10,12,14). The SMILES string of the molecule is CN1C(=O)N=C(N)C1c1cccnc1. The molecule has 2 N–H and O–H groups in total. The smallest absolute Gasteiger partial charge is 0.345 e. The van der Waals surface area contributed by atoms with Crippen molar-refractivity contribution in [2.45, 2.75) is 6.04 Å². The van der Waals surface area contributed by atoms with Crippen molar-refractivity contribution in [2.75, 3.05) is 7.05 Å². The molecule has 72 valence electrons. The van der Waals surface area contributed by atoms with Crippen molar-refractivity contribution < 1.29 is 4.79 Å². The molecule has 5 heteroatoms. The zero-order chi connectivity index (χ0) is 10.1. The van der Waals surface area contributed by atoms with Gasteiger partial charge in [0.1, 0.15) is 11.9 Å². The zero-order valence-electron chi connectivity index (χ0n) is 7.71. The molecule has 1 aliphatic rings. The molecule has 14 heavy (non-hydrogen) atoms. The van der Waals surface area contributed by atoms with E-state index in [1.54, 1.807) is 25.5 Å². The van der Waals surface area contributed by atoms with E-state index in [9.17, 15) is 4.79 Å². The van der Waals surface area contributed by atoms with Gasteiger partial charge in [0, 0.05) is 25.0 Å². The molecule has 2 amide bonds. The summed E-state index contributed by atoms with van der Waals surface area (Å²) in [5, 5.41) is 0. The van der Waals surface area contributed by atoms with Gasteiger partial charge >= 0.3 is 6.03 Å². The van der Waals surface area contributed by atoms with Crippen molar-refractivity contribution in [2.24, 2.45) is 10.7 Å². The van der Waals surface area contributed by atoms with Crippen LogP contribution in [0, 0.1) is 0 Å². The lowest BCUT2D eigenvalue weighted by Crippen LogP contribution is -2.30. The van der Waals surface area contributed by atoms with Gasteiger partial charge in [-0.3, -0.25) is 4.98 Å². The Balaban J connectivity index is 2.37. The minimum absolute atomic E-state index is 0.267. The van der Waals surface area contributed by atoms with Crippen LogP contribution in [0.25, 0.3) is 0 Å². The molecule has 1 atom stereocenters. The van der Waals surface area contributed by atoms with Gasteiger partial charge in [0.05, 0.1) is 0 Å². The summed E-state index contributed by atoms with van der Waals surface area (Å²) >= 11 is 0. The number of hydrogen-bond donors (Lipinski definition) is 1. The Bertz CT molecular complexity index is 387. The molecule has 0 aromatic carbocycles. The third-order valence-electron chi connectivity index (χ3n) is 2.19. The predicted molar refractivity (Wildman–Crippen MR) is 51.8 cm³/mol. The molecule has 0 saturated carbocycles. The summed E-state index contributed by atoms with van der Waals surface area (Å²) in [6, 6.07) is 3.10. The number of nitrogens with two attached hydrogens (primary N) is 1. The minimum atomic E-state index is -0.309. The fraction of sp³-hybridized carbons (Fsp3) is 0.222. The van der Waals surface area contributed by atoms with E-state index in [2.05, 4.69) is 9.98 Å². The van der Waals surface area contributed by atoms with Crippen LogP contribution in [0.3, 0.4) is 0 Å². The lowest BCUT2D eigenvalue weighted by atomic mass is 10.1. The fourth-order valence-corrected chi connectivity index (χ4v) is 1.49. The molecule has 0 spiro atoms. The Morgan fingerprint density at radius 3 is 2.86 bits per heavy atom. The van der Waals surface area contributed by atoms with Gasteiger partial charge in [0.25, 0.3) is 0 Å². The summed E-state index contributed by atoms with van der Waals surface area (Å²) in [5.74, 6) is 0.325. The number of aromatic nitrogens is 1. The number of nitrogens with zero attached hydrogens (tertiary/aromatic N) is 3. The van der Waals surface area contributed by atoms with Crippen molar-refractivity contribution in [3.8, 4) is 0 Å². The van der Waals surface area contributed by atoms with Crippen molar-refractivity contribution in [1.82, 2.24) is 9.88 Å². The van der Waals surface area contributed by atoms with E-state index in [1.165, 1.54) is 4.90 Å². The molecule has 0 fully saturated rings. The Labute approximate surface area is 81.3 Å². The van der Waals surface area contributed by atoms with Crippen LogP contribution in [0.5, 0.6) is 0 Å². The average molecular weight is 190 g/mol. The molecule has 2 heterocycles. The highest BCUT2D eigenvalue weighted by Crippen LogP contribution is 2.23. The molecular formula is C9H10N4O. The maximum Gasteiger partial charge on any atom is 0.345 e. The number of aliphatic imine (C=N–C) groups is 1. The highest BCUT2D eigenvalue weighted by Gasteiger charge is 2.31. The maximum atomic E-state index is 11.2. The number of pyridine rings is 1. The van der Waals surface area contributed by atoms with Crippen molar-refractivity contribution in [3.63, 3.8) is 0 Å². The highest BCUT2D eigenvalue weighted by atomic mass is 16.2. The quantitative estimate of drug-likeness (QED) is 0.702. The van der Waals surface area contributed by atoms with Crippen LogP contribution in [-0.2, 0) is 0 Å². The zero-order valence-corrected chi connectivity index (χ0v) is 7.71. The Hall–Kier alpha value is -1.91. The van der Waals surface area contributed by atoms with E-state index in [4.69, 9.17) is 5.73 Å². The monoisotopic (exact) mass is 190 g/mol. The van der Waals surface area contributed by atoms with Gasteiger partial charge < -0.3 is 10.6 Å². The average Bonchev–Trinajstić information content (AvgIpc) is 2.43. The first-order valence-electron chi connectivity index (χ1n) is 4.21. The number of urea groups is 1. The molecule has 2 rings (SSSR count). The van der Waals surface area contributed by atoms with Gasteiger partial charge in [-0.25, -0.2) is 4.79 Å². The second-order valence-corrected chi connectivity index (χ2v) is 3.12. The largest absolute Gasteiger partial charge is 0.385 e. The summed E-state index contributed by atoms with van der Waals surface area (Å²) in [6.45, 7) is 0. The number of amidine groups is 1. The van der Waals surface area contributed by atoms with Crippen LogP contribution in [0.15, 0.2) is 29.5 Å². The number of carbonyl (C=O) groups is 1. The molecule has 0 saturated heterocycles. The predicted octanol–water partition coefficient (Wildman–Crippen LogP) is 0.545. The van der Waals surface area contributed by atoms with Gasteiger partial charge in [-0.05, 0) is 6.07 Å². The molecule has 1 aliphatic heterocycles. The van der Waals surface area contributed by atoms with E-state index in [0.717, 1.165) is 5.56 Å². The maximum absolute atomic E-state index is 11.2. The molecular weight excluding hydrogens is 180 g/mol. The van der Waals surface area contributed by atoms with Gasteiger partial charge in [0.15, 0.2) is 0 Å². The first-order chi connectivity index (χ1) is 6.70. The van der Waals surface area contributed by atoms with E-state index in [-0.39, 0.29) is 12.1 Å². The number of rotatable bonds is 1. The Morgan fingerprint density at radius 2 is 2.36 bits per heavy atom. The van der Waals surface area contributed by atoms with Gasteiger partial charge in [-0.2, -0.15) is 4.99 Å². The van der Waals surface area contributed by atoms with E-state index in [0.29, 0.717) is 5.84 Å². The van der Waals surface area contributed by atoms with E-state index >= 15 is 0 Å². The van der Waals surface area contributed by atoms with E-state index in [1.807, 2.05) is 6.07 Å². The molecule has 1 unspecified atom stereocenters. The summed E-state index contributed by atoms with van der Waals surface area (Å²) in [7, 11) is 1.67. The normalized spacial score (nSPS) is 21.2. The molecule has 1 aromatic heterocycles. The van der Waals surface area contributed by atoms with Crippen molar-refractivity contribution >= 4 is 11.9 Å². The summed E-state index contributed by atoms with van der Waals surface area (Å²) in [5.41, 5.74) is 6.53. The third-order valence-corrected chi connectivity index (χ3v) is 2.19. The van der Waals surface area contributed by atoms with Gasteiger partial charge in [0.2, 0.25) is 0 Å². The van der Waals surface area contributed by atoms with Crippen LogP contribution in [0.1, 0.15) is 11.6 Å². The molecule has 1 aromatic rings. The lowest BCUT2D eigenvalue weighted by Gasteiger charge is -2.18. The van der Waals surface area contributed by atoms with Crippen LogP contribution in [0.4, 0.5) is 4.79 Å². The number of hydrogen-bond acceptors (Lipinski definition) is 3. The number of amides is 2. The first-order valence-corrected chi connectivity index (χ1v) is 4.21. The lowest BCUT2D eigenvalue weighted by molar-refractivity contribution is 0.218. The van der Waals surface area contributed by atoms with Crippen LogP contribution >= 0.6 is 0 Å². The van der Waals surface area contributed by atoms with Crippen molar-refractivity contribution in [3.05, 3.63) is 30.1 Å². The first kappa shape index (κ1) is 8.68. The minimum Gasteiger partial charge on any atom is -0.385 e. The van der Waals surface area contributed by atoms with Crippen LogP contribution in [-0.4, -0.2) is 28.8 Å². The third kappa shape index (κ3) is 1.22. The molecule has 0 bridgehead atoms. The summed E-state index contributed by atoms with van der Waals surface area (Å²) in [6.07, 6.45) is 3.36. The topological polar surface area (TPSA) is 71.6 Å². The summed E-state index contributed by atoms with van der Waals surface area (Å²) < 4.78 is 0. The van der Waals surface area contributed by atoms with Crippen molar-refractivity contribution in [1.29, 1.82) is 0 Å². The molecule has 0 radical (unpaired) electrons. The van der Waals surface area contributed by atoms with Gasteiger partial charge in [-0.1, -0.05) is 6.07 Å². The van der Waals surface area contributed by atoms with Gasteiger partial charge in [-0.15, -0.1) is 0 Å². The van der Waals surface area contributed by atoms with Crippen LogP contribution in [0.2, 0.25) is 0 Å². The van der Waals surface area contributed by atoms with E-state index < -0.39 is 0 Å². The highest BCUT2D eigenvalue weighted by molar-refractivity contribution is 6.03. The molecule has 5 nitrogen and oxygen atoms in total. The fourth-order valence-electron chi connectivity index (χ4n) is 1.49. The Kier molecular flexibility index (Phi) is 1.92.